The Morgan fingerprint density at radius 2 is 1.91 bits per heavy atom. The summed E-state index contributed by atoms with van der Waals surface area (Å²) >= 11 is 6.11. The van der Waals surface area contributed by atoms with Crippen LogP contribution in [-0.4, -0.2) is 61.9 Å². The second-order valence-electron chi connectivity index (χ2n) is 9.27. The van der Waals surface area contributed by atoms with E-state index < -0.39 is 0 Å². The first-order valence-electron chi connectivity index (χ1n) is 11.4. The quantitative estimate of drug-likeness (QED) is 0.633. The van der Waals surface area contributed by atoms with Crippen molar-refractivity contribution in [1.29, 1.82) is 0 Å². The molecule has 2 atom stereocenters. The number of hydrogen-bond donors (Lipinski definition) is 1. The summed E-state index contributed by atoms with van der Waals surface area (Å²) in [5, 5.41) is 3.82. The number of imidazole rings is 1. The van der Waals surface area contributed by atoms with E-state index in [-0.39, 0.29) is 18.1 Å². The zero-order valence-corrected chi connectivity index (χ0v) is 19.3. The summed E-state index contributed by atoms with van der Waals surface area (Å²) in [5.74, 6) is 1.15. The summed E-state index contributed by atoms with van der Waals surface area (Å²) < 4.78 is 2.08. The average molecular weight is 453 g/mol. The number of piperazine rings is 1. The third kappa shape index (κ3) is 4.07. The lowest BCUT2D eigenvalue weighted by atomic mass is 10.1. The molecule has 1 N–H and O–H groups in total. The van der Waals surface area contributed by atoms with Crippen LogP contribution in [0.4, 0.5) is 4.79 Å². The van der Waals surface area contributed by atoms with Crippen molar-refractivity contribution < 1.29 is 4.79 Å². The van der Waals surface area contributed by atoms with Crippen LogP contribution in [0.3, 0.4) is 0 Å². The van der Waals surface area contributed by atoms with Gasteiger partial charge in [0.15, 0.2) is 0 Å². The van der Waals surface area contributed by atoms with Crippen LogP contribution in [0.5, 0.6) is 0 Å². The monoisotopic (exact) mass is 452 g/mol. The number of likely N-dealkylation sites (tertiary alicyclic amines) is 1. The lowest BCUT2D eigenvalue weighted by molar-refractivity contribution is 0.0830. The van der Waals surface area contributed by atoms with Crippen LogP contribution in [-0.2, 0) is 6.54 Å². The van der Waals surface area contributed by atoms with Gasteiger partial charge < -0.3 is 10.2 Å². The maximum atomic E-state index is 12.8. The Hall–Kier alpha value is -2.64. The number of aromatic nitrogens is 3. The normalized spacial score (nSPS) is 20.9. The fourth-order valence-corrected chi connectivity index (χ4v) is 5.10. The van der Waals surface area contributed by atoms with Crippen LogP contribution >= 0.6 is 11.6 Å². The third-order valence-electron chi connectivity index (χ3n) is 6.45. The van der Waals surface area contributed by atoms with Gasteiger partial charge in [-0.3, -0.25) is 9.30 Å². The van der Waals surface area contributed by atoms with E-state index in [1.807, 2.05) is 36.5 Å². The van der Waals surface area contributed by atoms with Crippen LogP contribution in [0.1, 0.15) is 32.4 Å². The molecule has 2 unspecified atom stereocenters. The summed E-state index contributed by atoms with van der Waals surface area (Å²) in [5.41, 5.74) is 3.09. The van der Waals surface area contributed by atoms with Crippen molar-refractivity contribution in [1.82, 2.24) is 29.5 Å². The van der Waals surface area contributed by atoms with Gasteiger partial charge in [0.1, 0.15) is 0 Å². The Labute approximate surface area is 193 Å². The van der Waals surface area contributed by atoms with Crippen LogP contribution in [0, 0.1) is 5.92 Å². The Morgan fingerprint density at radius 1 is 1.19 bits per heavy atom. The largest absolute Gasteiger partial charge is 0.338 e. The van der Waals surface area contributed by atoms with Crippen LogP contribution in [0.2, 0.25) is 5.02 Å². The lowest BCUT2D eigenvalue weighted by Gasteiger charge is -2.41. The highest BCUT2D eigenvalue weighted by atomic mass is 35.5. The van der Waals surface area contributed by atoms with Gasteiger partial charge in [-0.15, -0.1) is 0 Å². The molecule has 5 rings (SSSR count). The number of urea groups is 1. The zero-order valence-electron chi connectivity index (χ0n) is 18.5. The number of benzene rings is 1. The molecule has 2 aliphatic rings. The molecule has 2 aromatic heterocycles. The van der Waals surface area contributed by atoms with E-state index >= 15 is 0 Å². The van der Waals surface area contributed by atoms with Crippen molar-refractivity contribution in [2.75, 3.05) is 19.6 Å². The number of fused-ring (bicyclic) bond motifs is 3. The summed E-state index contributed by atoms with van der Waals surface area (Å²) in [6.45, 7) is 7.47. The number of halogens is 1. The number of amides is 2. The summed E-state index contributed by atoms with van der Waals surface area (Å²) in [6.07, 6.45) is 5.92. The summed E-state index contributed by atoms with van der Waals surface area (Å²) in [6, 6.07) is 10.4. The van der Waals surface area contributed by atoms with Crippen molar-refractivity contribution in [3.8, 4) is 11.3 Å². The van der Waals surface area contributed by atoms with Crippen LogP contribution in [0.15, 0.2) is 42.7 Å². The molecular formula is C24H29ClN6O. The average Bonchev–Trinajstić information content (AvgIpc) is 3.27. The predicted octanol–water partition coefficient (Wildman–Crippen LogP) is 4.06. The summed E-state index contributed by atoms with van der Waals surface area (Å²) in [4.78, 5) is 26.6. The van der Waals surface area contributed by atoms with Gasteiger partial charge in [0.2, 0.25) is 5.78 Å². The SMILES string of the molecule is CC(C)CNC(=O)N1C2CCC1CN(Cc1c(-c3ccc(Cl)cc3)nc3ncccn13)C2. The fraction of sp³-hybridized carbons (Fsp3) is 0.458. The molecule has 2 bridgehead atoms. The van der Waals surface area contributed by atoms with Crippen molar-refractivity contribution >= 4 is 23.4 Å². The Balaban J connectivity index is 1.38. The Bertz CT molecular complexity index is 1100. The van der Waals surface area contributed by atoms with Gasteiger partial charge in [-0.1, -0.05) is 37.6 Å². The minimum atomic E-state index is 0.0895. The number of rotatable bonds is 5. The van der Waals surface area contributed by atoms with E-state index in [9.17, 15) is 4.79 Å². The first kappa shape index (κ1) is 21.2. The van der Waals surface area contributed by atoms with Crippen molar-refractivity contribution in [3.05, 3.63) is 53.4 Å². The smallest absolute Gasteiger partial charge is 0.317 e. The van der Waals surface area contributed by atoms with E-state index in [0.29, 0.717) is 16.7 Å². The molecule has 7 nitrogen and oxygen atoms in total. The first-order valence-corrected chi connectivity index (χ1v) is 11.7. The third-order valence-corrected chi connectivity index (χ3v) is 6.70. The Morgan fingerprint density at radius 3 is 2.59 bits per heavy atom. The van der Waals surface area contributed by atoms with Gasteiger partial charge in [-0.2, -0.15) is 0 Å². The molecule has 0 spiro atoms. The van der Waals surface area contributed by atoms with Gasteiger partial charge in [-0.05, 0) is 37.0 Å². The van der Waals surface area contributed by atoms with E-state index in [1.165, 1.54) is 0 Å². The zero-order chi connectivity index (χ0) is 22.2. The molecule has 0 radical (unpaired) electrons. The van der Waals surface area contributed by atoms with E-state index in [1.54, 1.807) is 6.20 Å². The molecule has 0 aliphatic carbocycles. The molecule has 2 aliphatic heterocycles. The first-order chi connectivity index (χ1) is 15.5. The summed E-state index contributed by atoms with van der Waals surface area (Å²) in [7, 11) is 0. The molecule has 3 aromatic rings. The molecule has 0 saturated carbocycles. The second-order valence-corrected chi connectivity index (χ2v) is 9.71. The van der Waals surface area contributed by atoms with E-state index in [4.69, 9.17) is 16.6 Å². The number of carbonyl (C=O) groups excluding carboxylic acids is 1. The molecule has 8 heteroatoms. The minimum absolute atomic E-state index is 0.0895. The maximum Gasteiger partial charge on any atom is 0.317 e. The highest BCUT2D eigenvalue weighted by Crippen LogP contribution is 2.33. The number of hydrogen-bond acceptors (Lipinski definition) is 4. The van der Waals surface area contributed by atoms with Crippen LogP contribution < -0.4 is 5.32 Å². The maximum absolute atomic E-state index is 12.8. The highest BCUT2D eigenvalue weighted by Gasteiger charge is 2.42. The van der Waals surface area contributed by atoms with Gasteiger partial charge in [0.25, 0.3) is 0 Å². The van der Waals surface area contributed by atoms with Gasteiger partial charge in [0, 0.05) is 61.2 Å². The lowest BCUT2D eigenvalue weighted by Crippen LogP contribution is -2.58. The molecule has 168 valence electrons. The second kappa shape index (κ2) is 8.71. The van der Waals surface area contributed by atoms with Crippen molar-refractivity contribution in [3.63, 3.8) is 0 Å². The molecule has 1 aromatic carbocycles. The number of carbonyl (C=O) groups is 1. The van der Waals surface area contributed by atoms with Gasteiger partial charge >= 0.3 is 6.03 Å². The number of nitrogens with zero attached hydrogens (tertiary/aromatic N) is 5. The highest BCUT2D eigenvalue weighted by molar-refractivity contribution is 6.30. The van der Waals surface area contributed by atoms with Gasteiger partial charge in [-0.25, -0.2) is 14.8 Å². The fourth-order valence-electron chi connectivity index (χ4n) is 4.97. The molecule has 2 saturated heterocycles. The van der Waals surface area contributed by atoms with E-state index in [0.717, 1.165) is 56.0 Å². The molecular weight excluding hydrogens is 424 g/mol. The molecule has 2 fully saturated rings. The van der Waals surface area contributed by atoms with Crippen molar-refractivity contribution in [2.45, 2.75) is 45.3 Å². The van der Waals surface area contributed by atoms with Crippen molar-refractivity contribution in [2.24, 2.45) is 5.92 Å². The molecule has 4 heterocycles. The minimum Gasteiger partial charge on any atom is -0.338 e. The molecule has 32 heavy (non-hydrogen) atoms. The van der Waals surface area contributed by atoms with Crippen LogP contribution in [0.25, 0.3) is 17.0 Å². The standard InChI is InChI=1S/C24H29ClN6O/c1-16(2)12-27-24(32)31-19-8-9-20(31)14-29(13-19)15-21-22(17-4-6-18(25)7-5-17)28-23-26-10-3-11-30(21)23/h3-7,10-11,16,19-20H,8-9,12-15H2,1-2H3,(H,27,32). The molecule has 2 amide bonds. The van der Waals surface area contributed by atoms with E-state index in [2.05, 4.69) is 38.3 Å². The predicted molar refractivity (Wildman–Crippen MR) is 126 cm³/mol. The topological polar surface area (TPSA) is 65.8 Å². The Kier molecular flexibility index (Phi) is 5.78. The number of nitrogens with one attached hydrogen (secondary N) is 1. The van der Waals surface area contributed by atoms with Gasteiger partial charge in [0.05, 0.1) is 11.4 Å².